The molecule has 4 aromatic rings. The van der Waals surface area contributed by atoms with Crippen LogP contribution in [0.3, 0.4) is 0 Å². The molecule has 3 aromatic carbocycles. The number of aromatic nitrogens is 2. The zero-order valence-corrected chi connectivity index (χ0v) is 18.0. The number of hydrogen-bond donors (Lipinski definition) is 1. The predicted molar refractivity (Wildman–Crippen MR) is 124 cm³/mol. The van der Waals surface area contributed by atoms with Gasteiger partial charge in [-0.3, -0.25) is 14.2 Å². The molecule has 0 unspecified atom stereocenters. The van der Waals surface area contributed by atoms with Crippen molar-refractivity contribution in [3.8, 4) is 11.4 Å². The number of amides is 1. The van der Waals surface area contributed by atoms with E-state index in [-0.39, 0.29) is 17.2 Å². The molecule has 1 heterocycles. The average molecular weight is 432 g/mol. The summed E-state index contributed by atoms with van der Waals surface area (Å²) in [4.78, 5) is 30.5. The lowest BCUT2D eigenvalue weighted by atomic mass is 10.2. The van der Waals surface area contributed by atoms with Gasteiger partial charge in [0.1, 0.15) is 5.75 Å². The van der Waals surface area contributed by atoms with Crippen LogP contribution in [0.25, 0.3) is 16.6 Å². The number of nitrogens with one attached hydrogen (secondary N) is 1. The molecule has 31 heavy (non-hydrogen) atoms. The van der Waals surface area contributed by atoms with E-state index in [0.717, 1.165) is 5.56 Å². The van der Waals surface area contributed by atoms with Gasteiger partial charge in [-0.1, -0.05) is 53.7 Å². The van der Waals surface area contributed by atoms with Crippen LogP contribution < -0.4 is 15.6 Å². The minimum absolute atomic E-state index is 0.0920. The van der Waals surface area contributed by atoms with Crippen molar-refractivity contribution in [3.63, 3.8) is 0 Å². The van der Waals surface area contributed by atoms with Gasteiger partial charge in [0.25, 0.3) is 5.56 Å². The molecule has 0 spiro atoms. The smallest absolute Gasteiger partial charge is 0.266 e. The predicted octanol–water partition coefficient (Wildman–Crippen LogP) is 4.43. The Hall–Kier alpha value is -3.58. The number of thioether (sulfide) groups is 1. The molecule has 156 valence electrons. The third kappa shape index (κ3) is 4.46. The van der Waals surface area contributed by atoms with Crippen LogP contribution in [-0.2, 0) is 4.79 Å². The van der Waals surface area contributed by atoms with E-state index in [1.807, 2.05) is 55.5 Å². The second-order valence-corrected chi connectivity index (χ2v) is 7.87. The highest BCUT2D eigenvalue weighted by atomic mass is 32.2. The van der Waals surface area contributed by atoms with Gasteiger partial charge in [0.05, 0.1) is 35.1 Å². The Morgan fingerprint density at radius 2 is 1.74 bits per heavy atom. The monoisotopic (exact) mass is 431 g/mol. The molecular weight excluding hydrogens is 410 g/mol. The van der Waals surface area contributed by atoms with Crippen molar-refractivity contribution in [1.82, 2.24) is 9.55 Å². The molecule has 0 aliphatic rings. The number of aryl methyl sites for hydroxylation is 1. The maximum Gasteiger partial charge on any atom is 0.266 e. The summed E-state index contributed by atoms with van der Waals surface area (Å²) in [6.45, 7) is 1.99. The van der Waals surface area contributed by atoms with E-state index in [2.05, 4.69) is 10.3 Å². The zero-order chi connectivity index (χ0) is 21.8. The summed E-state index contributed by atoms with van der Waals surface area (Å²) in [5, 5.41) is 3.84. The van der Waals surface area contributed by atoms with Crippen LogP contribution in [0.2, 0.25) is 0 Å². The molecule has 0 aliphatic carbocycles. The highest BCUT2D eigenvalue weighted by Crippen LogP contribution is 2.25. The van der Waals surface area contributed by atoms with Crippen molar-refractivity contribution in [2.45, 2.75) is 12.1 Å². The van der Waals surface area contributed by atoms with Crippen molar-refractivity contribution in [2.75, 3.05) is 18.2 Å². The number of carbonyl (C=O) groups is 1. The number of benzene rings is 3. The molecule has 1 amide bonds. The highest BCUT2D eigenvalue weighted by Gasteiger charge is 2.15. The van der Waals surface area contributed by atoms with Gasteiger partial charge >= 0.3 is 0 Å². The van der Waals surface area contributed by atoms with Crippen LogP contribution in [0, 0.1) is 6.92 Å². The molecule has 0 aliphatic heterocycles. The van der Waals surface area contributed by atoms with Gasteiger partial charge in [0.15, 0.2) is 5.16 Å². The summed E-state index contributed by atoms with van der Waals surface area (Å²) in [7, 11) is 1.55. The van der Waals surface area contributed by atoms with Crippen LogP contribution in [0.4, 0.5) is 5.69 Å². The van der Waals surface area contributed by atoms with Gasteiger partial charge in [-0.2, -0.15) is 0 Å². The Labute approximate surface area is 183 Å². The number of nitrogens with zero attached hydrogens (tertiary/aromatic N) is 2. The van der Waals surface area contributed by atoms with Crippen LogP contribution >= 0.6 is 11.8 Å². The molecule has 0 saturated carbocycles. The summed E-state index contributed by atoms with van der Waals surface area (Å²) in [6.07, 6.45) is 0. The van der Waals surface area contributed by atoms with Crippen molar-refractivity contribution in [3.05, 3.63) is 88.7 Å². The van der Waals surface area contributed by atoms with E-state index in [4.69, 9.17) is 4.74 Å². The average Bonchev–Trinajstić information content (AvgIpc) is 2.79. The lowest BCUT2D eigenvalue weighted by Crippen LogP contribution is -2.23. The molecule has 7 heteroatoms. The first kappa shape index (κ1) is 20.7. The maximum atomic E-state index is 13.2. The zero-order valence-electron chi connectivity index (χ0n) is 17.2. The van der Waals surface area contributed by atoms with Gasteiger partial charge < -0.3 is 10.1 Å². The van der Waals surface area contributed by atoms with Gasteiger partial charge in [-0.25, -0.2) is 4.98 Å². The normalized spacial score (nSPS) is 10.8. The third-order valence-electron chi connectivity index (χ3n) is 4.75. The number of hydrogen-bond acceptors (Lipinski definition) is 5. The van der Waals surface area contributed by atoms with Crippen LogP contribution in [0.15, 0.2) is 82.7 Å². The number of rotatable bonds is 6. The van der Waals surface area contributed by atoms with E-state index >= 15 is 0 Å². The molecule has 4 rings (SSSR count). The first-order valence-corrected chi connectivity index (χ1v) is 10.7. The Morgan fingerprint density at radius 1 is 1.03 bits per heavy atom. The fraction of sp³-hybridized carbons (Fsp3) is 0.125. The number of anilines is 1. The number of para-hydroxylation sites is 3. The minimum atomic E-state index is -0.215. The molecule has 0 radical (unpaired) electrons. The Bertz CT molecular complexity index is 1300. The standard InChI is InChI=1S/C24H21N3O3S/c1-16-11-13-17(14-12-16)27-23(29)18-7-3-4-8-19(18)26-24(27)31-15-22(28)25-20-9-5-6-10-21(20)30-2/h3-14H,15H2,1-2H3,(H,25,28). The molecule has 0 bridgehead atoms. The molecule has 0 atom stereocenters. The second kappa shape index (κ2) is 9.06. The minimum Gasteiger partial charge on any atom is -0.495 e. The summed E-state index contributed by atoms with van der Waals surface area (Å²) in [5.41, 5.74) is 2.83. The first-order valence-electron chi connectivity index (χ1n) is 9.71. The van der Waals surface area contributed by atoms with Crippen LogP contribution in [0.5, 0.6) is 5.75 Å². The second-order valence-electron chi connectivity index (χ2n) is 6.92. The van der Waals surface area contributed by atoms with Gasteiger partial charge in [-0.05, 0) is 43.3 Å². The SMILES string of the molecule is COc1ccccc1NC(=O)CSc1nc2ccccc2c(=O)n1-c1ccc(C)cc1. The third-order valence-corrected chi connectivity index (χ3v) is 5.69. The number of ether oxygens (including phenoxy) is 1. The molecular formula is C24H21N3O3S. The largest absolute Gasteiger partial charge is 0.495 e. The van der Waals surface area contributed by atoms with E-state index in [0.29, 0.717) is 33.2 Å². The molecule has 6 nitrogen and oxygen atoms in total. The van der Waals surface area contributed by atoms with Crippen LogP contribution in [0.1, 0.15) is 5.56 Å². The number of fused-ring (bicyclic) bond motifs is 1. The molecule has 0 saturated heterocycles. The highest BCUT2D eigenvalue weighted by molar-refractivity contribution is 7.99. The van der Waals surface area contributed by atoms with Crippen molar-refractivity contribution >= 4 is 34.3 Å². The summed E-state index contributed by atoms with van der Waals surface area (Å²) in [5.74, 6) is 0.461. The van der Waals surface area contributed by atoms with Gasteiger partial charge in [0.2, 0.25) is 5.91 Å². The molecule has 0 fully saturated rings. The van der Waals surface area contributed by atoms with E-state index in [1.54, 1.807) is 35.9 Å². The Kier molecular flexibility index (Phi) is 6.04. The van der Waals surface area contributed by atoms with E-state index in [1.165, 1.54) is 11.8 Å². The number of carbonyl (C=O) groups excluding carboxylic acids is 1. The summed E-state index contributed by atoms with van der Waals surface area (Å²) < 4.78 is 6.84. The van der Waals surface area contributed by atoms with Crippen LogP contribution in [-0.4, -0.2) is 28.3 Å². The molecule has 1 aromatic heterocycles. The van der Waals surface area contributed by atoms with Gasteiger partial charge in [0, 0.05) is 0 Å². The van der Waals surface area contributed by atoms with E-state index in [9.17, 15) is 9.59 Å². The lowest BCUT2D eigenvalue weighted by Gasteiger charge is -2.14. The fourth-order valence-corrected chi connectivity index (χ4v) is 4.01. The number of methoxy groups -OCH3 is 1. The summed E-state index contributed by atoms with van der Waals surface area (Å²) >= 11 is 1.21. The van der Waals surface area contributed by atoms with Crippen molar-refractivity contribution in [1.29, 1.82) is 0 Å². The topological polar surface area (TPSA) is 73.2 Å². The fourth-order valence-electron chi connectivity index (χ4n) is 3.19. The van der Waals surface area contributed by atoms with Gasteiger partial charge in [-0.15, -0.1) is 0 Å². The maximum absolute atomic E-state index is 13.2. The van der Waals surface area contributed by atoms with Crippen molar-refractivity contribution in [2.24, 2.45) is 0 Å². The molecule has 1 N–H and O–H groups in total. The lowest BCUT2D eigenvalue weighted by molar-refractivity contribution is -0.113. The Morgan fingerprint density at radius 3 is 2.52 bits per heavy atom. The first-order chi connectivity index (χ1) is 15.1. The quantitative estimate of drug-likeness (QED) is 0.361. The Balaban J connectivity index is 1.66. The summed E-state index contributed by atoms with van der Waals surface area (Å²) in [6, 6.07) is 22.1. The van der Waals surface area contributed by atoms with E-state index < -0.39 is 0 Å². The van der Waals surface area contributed by atoms with Crippen molar-refractivity contribution < 1.29 is 9.53 Å².